The van der Waals surface area contributed by atoms with Crippen LogP contribution in [0.2, 0.25) is 0 Å². The quantitative estimate of drug-likeness (QED) is 0.857. The van der Waals surface area contributed by atoms with E-state index in [4.69, 9.17) is 0 Å². The summed E-state index contributed by atoms with van der Waals surface area (Å²) >= 11 is 1.43. The molecule has 0 bridgehead atoms. The maximum atomic E-state index is 12.6. The van der Waals surface area contributed by atoms with Gasteiger partial charge in [0, 0.05) is 18.8 Å². The van der Waals surface area contributed by atoms with Crippen LogP contribution in [0.5, 0.6) is 0 Å². The smallest absolute Gasteiger partial charge is 0.265 e. The molecule has 3 rings (SSSR count). The van der Waals surface area contributed by atoms with Crippen molar-refractivity contribution >= 4 is 17.2 Å². The van der Waals surface area contributed by atoms with E-state index in [9.17, 15) is 4.79 Å². The molecule has 1 amide bonds. The van der Waals surface area contributed by atoms with Crippen molar-refractivity contribution in [1.82, 2.24) is 19.7 Å². The number of carbonyl (C=O) groups excluding carboxylic acids is 1. The third-order valence-corrected chi connectivity index (χ3v) is 4.93. The predicted octanol–water partition coefficient (Wildman–Crippen LogP) is 2.74. The molecular formula is C15H20N4OS. The maximum Gasteiger partial charge on any atom is 0.265 e. The molecule has 112 valence electrons. The Morgan fingerprint density at radius 1 is 1.38 bits per heavy atom. The lowest BCUT2D eigenvalue weighted by molar-refractivity contribution is 0.0675. The summed E-state index contributed by atoms with van der Waals surface area (Å²) in [7, 11) is 0. The van der Waals surface area contributed by atoms with Gasteiger partial charge in [-0.15, -0.1) is 11.3 Å². The molecule has 0 radical (unpaired) electrons. The molecule has 0 aromatic carbocycles. The third kappa shape index (κ3) is 2.72. The average Bonchev–Trinajstić information content (AvgIpc) is 3.03. The lowest BCUT2D eigenvalue weighted by Gasteiger charge is -2.33. The first kappa shape index (κ1) is 14.3. The Bertz CT molecular complexity index is 660. The minimum Gasteiger partial charge on any atom is -0.336 e. The van der Waals surface area contributed by atoms with Crippen LogP contribution in [0.3, 0.4) is 0 Å². The average molecular weight is 304 g/mol. The highest BCUT2D eigenvalue weighted by Gasteiger charge is 2.28. The van der Waals surface area contributed by atoms with Gasteiger partial charge in [0.15, 0.2) is 0 Å². The van der Waals surface area contributed by atoms with Crippen LogP contribution < -0.4 is 0 Å². The van der Waals surface area contributed by atoms with Gasteiger partial charge in [-0.2, -0.15) is 5.10 Å². The summed E-state index contributed by atoms with van der Waals surface area (Å²) in [5, 5.41) is 4.58. The summed E-state index contributed by atoms with van der Waals surface area (Å²) in [4.78, 5) is 19.5. The van der Waals surface area contributed by atoms with Crippen LogP contribution in [-0.4, -0.2) is 38.7 Å². The van der Waals surface area contributed by atoms with Crippen LogP contribution in [0.25, 0.3) is 0 Å². The number of likely N-dealkylation sites (tertiary alicyclic amines) is 1. The largest absolute Gasteiger partial charge is 0.336 e. The lowest BCUT2D eigenvalue weighted by atomic mass is 10.1. The molecule has 0 unspecified atom stereocenters. The van der Waals surface area contributed by atoms with Crippen molar-refractivity contribution in [3.05, 3.63) is 33.5 Å². The number of amides is 1. The minimum atomic E-state index is 0.112. The van der Waals surface area contributed by atoms with Gasteiger partial charge in [0.2, 0.25) is 0 Å². The van der Waals surface area contributed by atoms with Gasteiger partial charge in [0.05, 0.1) is 22.9 Å². The fraction of sp³-hybridized carbons (Fsp3) is 0.533. The normalized spacial score (nSPS) is 19.0. The highest BCUT2D eigenvalue weighted by Crippen LogP contribution is 2.25. The molecule has 1 aliphatic rings. The zero-order valence-electron chi connectivity index (χ0n) is 12.7. The molecule has 0 saturated carbocycles. The Kier molecular flexibility index (Phi) is 3.80. The van der Waals surface area contributed by atoms with E-state index in [1.54, 1.807) is 5.51 Å². The molecule has 1 saturated heterocycles. The van der Waals surface area contributed by atoms with Gasteiger partial charge >= 0.3 is 0 Å². The molecule has 0 spiro atoms. The van der Waals surface area contributed by atoms with Gasteiger partial charge in [-0.1, -0.05) is 0 Å². The van der Waals surface area contributed by atoms with Crippen molar-refractivity contribution < 1.29 is 4.79 Å². The molecule has 1 fully saturated rings. The molecule has 0 aliphatic carbocycles. The van der Waals surface area contributed by atoms with Crippen molar-refractivity contribution in [3.8, 4) is 0 Å². The van der Waals surface area contributed by atoms with Gasteiger partial charge in [-0.25, -0.2) is 4.98 Å². The van der Waals surface area contributed by atoms with Crippen LogP contribution >= 0.6 is 11.3 Å². The second-order valence-electron chi connectivity index (χ2n) is 5.69. The zero-order valence-corrected chi connectivity index (χ0v) is 13.5. The van der Waals surface area contributed by atoms with E-state index in [0.717, 1.165) is 42.2 Å². The Morgan fingerprint density at radius 3 is 2.81 bits per heavy atom. The summed E-state index contributed by atoms with van der Waals surface area (Å²) in [6.07, 6.45) is 2.10. The highest BCUT2D eigenvalue weighted by molar-refractivity contribution is 7.11. The standard InChI is InChI=1S/C15H20N4OS/c1-10-7-11(2)19(17-10)13-5-4-6-18(8-13)15(20)14-12(3)16-9-21-14/h7,9,13H,4-6,8H2,1-3H3/t13-/m1/s1. The number of aryl methyl sites for hydroxylation is 3. The van der Waals surface area contributed by atoms with Gasteiger partial charge in [0.25, 0.3) is 5.91 Å². The van der Waals surface area contributed by atoms with E-state index in [-0.39, 0.29) is 11.9 Å². The van der Waals surface area contributed by atoms with Gasteiger partial charge < -0.3 is 4.90 Å². The Hall–Kier alpha value is -1.69. The van der Waals surface area contributed by atoms with Crippen molar-refractivity contribution in [1.29, 1.82) is 0 Å². The van der Waals surface area contributed by atoms with Crippen molar-refractivity contribution in [3.63, 3.8) is 0 Å². The lowest BCUT2D eigenvalue weighted by Crippen LogP contribution is -2.41. The van der Waals surface area contributed by atoms with Crippen LogP contribution in [0.4, 0.5) is 0 Å². The van der Waals surface area contributed by atoms with E-state index in [1.807, 2.05) is 18.7 Å². The molecule has 2 aromatic heterocycles. The topological polar surface area (TPSA) is 51.0 Å². The van der Waals surface area contributed by atoms with Crippen LogP contribution in [-0.2, 0) is 0 Å². The summed E-state index contributed by atoms with van der Waals surface area (Å²) in [5.74, 6) is 0.112. The predicted molar refractivity (Wildman–Crippen MR) is 82.7 cm³/mol. The summed E-state index contributed by atoms with van der Waals surface area (Å²) in [6.45, 7) is 7.54. The molecular weight excluding hydrogens is 284 g/mol. The van der Waals surface area contributed by atoms with Gasteiger partial charge in [-0.3, -0.25) is 9.48 Å². The Balaban J connectivity index is 1.79. The third-order valence-electron chi connectivity index (χ3n) is 4.01. The Morgan fingerprint density at radius 2 is 2.19 bits per heavy atom. The zero-order chi connectivity index (χ0) is 15.0. The number of hydrogen-bond donors (Lipinski definition) is 0. The van der Waals surface area contributed by atoms with Crippen LogP contribution in [0.1, 0.15) is 45.6 Å². The second kappa shape index (κ2) is 5.60. The van der Waals surface area contributed by atoms with Crippen molar-refractivity contribution in [2.75, 3.05) is 13.1 Å². The Labute approximate surface area is 128 Å². The minimum absolute atomic E-state index is 0.112. The van der Waals surface area contributed by atoms with E-state index in [2.05, 4.69) is 27.8 Å². The van der Waals surface area contributed by atoms with Crippen LogP contribution in [0.15, 0.2) is 11.6 Å². The number of hydrogen-bond acceptors (Lipinski definition) is 4. The summed E-state index contributed by atoms with van der Waals surface area (Å²) in [6, 6.07) is 2.37. The van der Waals surface area contributed by atoms with E-state index in [0.29, 0.717) is 0 Å². The van der Waals surface area contributed by atoms with Gasteiger partial charge in [-0.05, 0) is 39.7 Å². The first-order valence-electron chi connectivity index (χ1n) is 7.28. The fourth-order valence-corrected chi connectivity index (χ4v) is 3.77. The number of thiazole rings is 1. The first-order valence-corrected chi connectivity index (χ1v) is 8.16. The van der Waals surface area contributed by atoms with E-state index < -0.39 is 0 Å². The maximum absolute atomic E-state index is 12.6. The number of carbonyl (C=O) groups is 1. The molecule has 2 aromatic rings. The molecule has 5 nitrogen and oxygen atoms in total. The molecule has 21 heavy (non-hydrogen) atoms. The second-order valence-corrected chi connectivity index (χ2v) is 6.54. The van der Waals surface area contributed by atoms with E-state index in [1.165, 1.54) is 17.0 Å². The molecule has 1 atom stereocenters. The SMILES string of the molecule is Cc1cc(C)n([C@@H]2CCCN(C(=O)c3scnc3C)C2)n1. The number of piperidine rings is 1. The van der Waals surface area contributed by atoms with E-state index >= 15 is 0 Å². The van der Waals surface area contributed by atoms with Crippen LogP contribution in [0, 0.1) is 20.8 Å². The summed E-state index contributed by atoms with van der Waals surface area (Å²) in [5.41, 5.74) is 4.78. The molecule has 6 heteroatoms. The summed E-state index contributed by atoms with van der Waals surface area (Å²) < 4.78 is 2.08. The number of nitrogens with zero attached hydrogens (tertiary/aromatic N) is 4. The molecule has 0 N–H and O–H groups in total. The fourth-order valence-electron chi connectivity index (χ4n) is 3.01. The first-order chi connectivity index (χ1) is 10.1. The molecule has 1 aliphatic heterocycles. The molecule has 3 heterocycles. The number of aromatic nitrogens is 3. The van der Waals surface area contributed by atoms with Gasteiger partial charge in [0.1, 0.15) is 4.88 Å². The van der Waals surface area contributed by atoms with Crippen molar-refractivity contribution in [2.45, 2.75) is 39.7 Å². The van der Waals surface area contributed by atoms with Crippen molar-refractivity contribution in [2.24, 2.45) is 0 Å². The number of rotatable bonds is 2. The monoisotopic (exact) mass is 304 g/mol. The highest BCUT2D eigenvalue weighted by atomic mass is 32.1.